The summed E-state index contributed by atoms with van der Waals surface area (Å²) >= 11 is 0. The van der Waals surface area contributed by atoms with E-state index in [0.717, 1.165) is 12.0 Å². The second-order valence-corrected chi connectivity index (χ2v) is 3.73. The topological polar surface area (TPSA) is 26.3 Å². The van der Waals surface area contributed by atoms with Gasteiger partial charge in [-0.25, -0.2) is 0 Å². The number of carbonyl (C=O) groups is 1. The van der Waals surface area contributed by atoms with E-state index in [1.165, 1.54) is 0 Å². The van der Waals surface area contributed by atoms with E-state index in [2.05, 4.69) is 0 Å². The van der Waals surface area contributed by atoms with E-state index >= 15 is 0 Å². The molecule has 1 unspecified atom stereocenters. The summed E-state index contributed by atoms with van der Waals surface area (Å²) < 4.78 is 5.67. The summed E-state index contributed by atoms with van der Waals surface area (Å²) in [6, 6.07) is 10.0. The Hall–Kier alpha value is -1.41. The highest BCUT2D eigenvalue weighted by Crippen LogP contribution is 2.14. The standard InChI is InChI=1S/C13H14O2/c14-12-7-4-8-13(9-12)15-10-11-5-2-1-3-6-11/h1-7,13H,8-10H2. The normalized spacial score (nSPS) is 20.5. The lowest BCUT2D eigenvalue weighted by molar-refractivity contribution is -0.118. The summed E-state index contributed by atoms with van der Waals surface area (Å²) in [6.45, 7) is 0.590. The quantitative estimate of drug-likeness (QED) is 0.752. The fourth-order valence-corrected chi connectivity index (χ4v) is 1.64. The molecule has 15 heavy (non-hydrogen) atoms. The molecule has 0 bridgehead atoms. The van der Waals surface area contributed by atoms with Gasteiger partial charge in [0.15, 0.2) is 5.78 Å². The molecular weight excluding hydrogens is 188 g/mol. The zero-order valence-electron chi connectivity index (χ0n) is 8.56. The number of benzene rings is 1. The molecule has 0 N–H and O–H groups in total. The van der Waals surface area contributed by atoms with E-state index in [-0.39, 0.29) is 11.9 Å². The first kappa shape index (κ1) is 10.1. The van der Waals surface area contributed by atoms with Crippen molar-refractivity contribution in [2.75, 3.05) is 0 Å². The Balaban J connectivity index is 1.84. The highest BCUT2D eigenvalue weighted by molar-refractivity contribution is 5.90. The van der Waals surface area contributed by atoms with E-state index < -0.39 is 0 Å². The Morgan fingerprint density at radius 2 is 2.07 bits per heavy atom. The molecule has 0 saturated carbocycles. The molecule has 2 heteroatoms. The maximum absolute atomic E-state index is 11.1. The van der Waals surface area contributed by atoms with Crippen LogP contribution >= 0.6 is 0 Å². The Morgan fingerprint density at radius 1 is 1.27 bits per heavy atom. The minimum Gasteiger partial charge on any atom is -0.373 e. The van der Waals surface area contributed by atoms with Gasteiger partial charge in [-0.3, -0.25) is 4.79 Å². The molecule has 2 rings (SSSR count). The third-order valence-corrected chi connectivity index (χ3v) is 2.46. The van der Waals surface area contributed by atoms with Gasteiger partial charge in [0.2, 0.25) is 0 Å². The maximum atomic E-state index is 11.1. The van der Waals surface area contributed by atoms with E-state index in [1.54, 1.807) is 6.08 Å². The van der Waals surface area contributed by atoms with Crippen molar-refractivity contribution in [3.05, 3.63) is 48.0 Å². The molecule has 1 aliphatic rings. The van der Waals surface area contributed by atoms with E-state index in [0.29, 0.717) is 13.0 Å². The van der Waals surface area contributed by atoms with Gasteiger partial charge >= 0.3 is 0 Å². The molecule has 0 radical (unpaired) electrons. The minimum absolute atomic E-state index is 0.0581. The monoisotopic (exact) mass is 202 g/mol. The molecule has 1 atom stereocenters. The van der Waals surface area contributed by atoms with Crippen LogP contribution in [0.15, 0.2) is 42.5 Å². The van der Waals surface area contributed by atoms with Gasteiger partial charge in [-0.2, -0.15) is 0 Å². The van der Waals surface area contributed by atoms with Crippen LogP contribution in [0, 0.1) is 0 Å². The molecule has 1 aromatic rings. The van der Waals surface area contributed by atoms with Gasteiger partial charge in [0.05, 0.1) is 12.7 Å². The summed E-state index contributed by atoms with van der Waals surface area (Å²) in [7, 11) is 0. The zero-order chi connectivity index (χ0) is 10.5. The van der Waals surface area contributed by atoms with Gasteiger partial charge in [0, 0.05) is 6.42 Å². The first-order chi connectivity index (χ1) is 7.34. The molecule has 0 aliphatic heterocycles. The van der Waals surface area contributed by atoms with Gasteiger partial charge in [-0.1, -0.05) is 36.4 Å². The first-order valence-electron chi connectivity index (χ1n) is 5.19. The van der Waals surface area contributed by atoms with E-state index in [9.17, 15) is 4.79 Å². The largest absolute Gasteiger partial charge is 0.373 e. The highest BCUT2D eigenvalue weighted by atomic mass is 16.5. The van der Waals surface area contributed by atoms with Crippen LogP contribution in [-0.2, 0) is 16.1 Å². The number of ether oxygens (including phenoxy) is 1. The minimum atomic E-state index is 0.0581. The number of rotatable bonds is 3. The summed E-state index contributed by atoms with van der Waals surface area (Å²) in [5, 5.41) is 0. The van der Waals surface area contributed by atoms with Gasteiger partial charge in [0.25, 0.3) is 0 Å². The average molecular weight is 202 g/mol. The van der Waals surface area contributed by atoms with Crippen molar-refractivity contribution >= 4 is 5.78 Å². The molecule has 1 aromatic carbocycles. The first-order valence-corrected chi connectivity index (χ1v) is 5.19. The van der Waals surface area contributed by atoms with Crippen molar-refractivity contribution in [2.45, 2.75) is 25.6 Å². The SMILES string of the molecule is O=C1C=CCC(OCc2ccccc2)C1. The predicted octanol–water partition coefficient (Wildman–Crippen LogP) is 2.49. The number of carbonyl (C=O) groups excluding carboxylic acids is 1. The molecule has 2 nitrogen and oxygen atoms in total. The van der Waals surface area contributed by atoms with Crippen molar-refractivity contribution in [3.8, 4) is 0 Å². The van der Waals surface area contributed by atoms with Crippen molar-refractivity contribution in [2.24, 2.45) is 0 Å². The van der Waals surface area contributed by atoms with Crippen LogP contribution < -0.4 is 0 Å². The molecule has 0 aromatic heterocycles. The van der Waals surface area contributed by atoms with Crippen LogP contribution in [-0.4, -0.2) is 11.9 Å². The second-order valence-electron chi connectivity index (χ2n) is 3.73. The van der Waals surface area contributed by atoms with Gasteiger partial charge in [-0.15, -0.1) is 0 Å². The van der Waals surface area contributed by atoms with Gasteiger partial charge < -0.3 is 4.74 Å². The van der Waals surface area contributed by atoms with Crippen LogP contribution in [0.3, 0.4) is 0 Å². The van der Waals surface area contributed by atoms with Crippen molar-refractivity contribution in [1.82, 2.24) is 0 Å². The fourth-order valence-electron chi connectivity index (χ4n) is 1.64. The Kier molecular flexibility index (Phi) is 3.30. The van der Waals surface area contributed by atoms with Crippen LogP contribution in [0.5, 0.6) is 0 Å². The lowest BCUT2D eigenvalue weighted by atomic mass is 10.0. The van der Waals surface area contributed by atoms with E-state index in [1.807, 2.05) is 36.4 Å². The molecule has 0 fully saturated rings. The molecular formula is C13H14O2. The Bertz CT molecular complexity index is 354. The molecule has 0 saturated heterocycles. The Labute approximate surface area is 89.6 Å². The summed E-state index contributed by atoms with van der Waals surface area (Å²) in [5.41, 5.74) is 1.15. The van der Waals surface area contributed by atoms with Crippen LogP contribution in [0.4, 0.5) is 0 Å². The second kappa shape index (κ2) is 4.89. The third kappa shape index (κ3) is 3.03. The lowest BCUT2D eigenvalue weighted by Crippen LogP contribution is -2.19. The smallest absolute Gasteiger partial charge is 0.157 e. The molecule has 1 aliphatic carbocycles. The number of hydrogen-bond acceptors (Lipinski definition) is 2. The van der Waals surface area contributed by atoms with Crippen LogP contribution in [0.1, 0.15) is 18.4 Å². The van der Waals surface area contributed by atoms with E-state index in [4.69, 9.17) is 4.74 Å². The predicted molar refractivity (Wildman–Crippen MR) is 58.4 cm³/mol. The Morgan fingerprint density at radius 3 is 2.80 bits per heavy atom. The van der Waals surface area contributed by atoms with Crippen LogP contribution in [0.25, 0.3) is 0 Å². The summed E-state index contributed by atoms with van der Waals surface area (Å²) in [5.74, 6) is 0.166. The lowest BCUT2D eigenvalue weighted by Gasteiger charge is -2.17. The van der Waals surface area contributed by atoms with Crippen molar-refractivity contribution in [3.63, 3.8) is 0 Å². The molecule has 78 valence electrons. The zero-order valence-corrected chi connectivity index (χ0v) is 8.56. The van der Waals surface area contributed by atoms with Gasteiger partial charge in [0.1, 0.15) is 0 Å². The van der Waals surface area contributed by atoms with Gasteiger partial charge in [-0.05, 0) is 18.1 Å². The third-order valence-electron chi connectivity index (χ3n) is 2.46. The summed E-state index contributed by atoms with van der Waals surface area (Å²) in [4.78, 5) is 11.1. The van der Waals surface area contributed by atoms with Crippen molar-refractivity contribution in [1.29, 1.82) is 0 Å². The molecule has 0 heterocycles. The number of allylic oxidation sites excluding steroid dienone is 1. The fraction of sp³-hybridized carbons (Fsp3) is 0.308. The summed E-state index contributed by atoms with van der Waals surface area (Å²) in [6.07, 6.45) is 4.95. The van der Waals surface area contributed by atoms with Crippen LogP contribution in [0.2, 0.25) is 0 Å². The molecule has 0 spiro atoms. The highest BCUT2D eigenvalue weighted by Gasteiger charge is 2.15. The number of ketones is 1. The van der Waals surface area contributed by atoms with Crippen molar-refractivity contribution < 1.29 is 9.53 Å². The number of hydrogen-bond donors (Lipinski definition) is 0. The maximum Gasteiger partial charge on any atom is 0.157 e. The average Bonchev–Trinajstić information content (AvgIpc) is 2.28. The molecule has 0 amide bonds.